The molecule has 0 radical (unpaired) electrons. The first-order valence-electron chi connectivity index (χ1n) is 4.15. The van der Waals surface area contributed by atoms with Gasteiger partial charge in [-0.25, -0.2) is 0 Å². The third-order valence-electron chi connectivity index (χ3n) is 2.31. The third kappa shape index (κ3) is 3.63. The van der Waals surface area contributed by atoms with Crippen molar-refractivity contribution in [2.75, 3.05) is 0 Å². The van der Waals surface area contributed by atoms with Crippen molar-refractivity contribution in [3.63, 3.8) is 0 Å². The molecule has 0 aromatic carbocycles. The van der Waals surface area contributed by atoms with Crippen LogP contribution in [0, 0.1) is 5.92 Å². The molecule has 0 nitrogen and oxygen atoms in total. The maximum absolute atomic E-state index is 11.7. The number of hydrogen-bond acceptors (Lipinski definition) is 0. The van der Waals surface area contributed by atoms with Gasteiger partial charge in [0.05, 0.1) is 0 Å². The minimum absolute atomic E-state index is 0.351. The molecule has 0 aromatic heterocycles. The van der Waals surface area contributed by atoms with Crippen molar-refractivity contribution in [3.05, 3.63) is 0 Å². The largest absolute Gasteiger partial charge is 0.389 e. The average Bonchev–Trinajstić information content (AvgIpc) is 2.32. The molecule has 1 rings (SSSR count). The molecule has 1 aliphatic rings. The number of rotatable bonds is 2. The van der Waals surface area contributed by atoms with Gasteiger partial charge in [0.25, 0.3) is 0 Å². The Kier molecular flexibility index (Phi) is 2.79. The summed E-state index contributed by atoms with van der Waals surface area (Å²) in [5.74, 6) is 0.358. The minimum Gasteiger partial charge on any atom is -0.171 e. The smallest absolute Gasteiger partial charge is 0.171 e. The first-order valence-corrected chi connectivity index (χ1v) is 4.15. The van der Waals surface area contributed by atoms with Crippen LogP contribution in [0.1, 0.15) is 38.5 Å². The Hall–Kier alpha value is -0.210. The summed E-state index contributed by atoms with van der Waals surface area (Å²) in [5, 5.41) is 0. The van der Waals surface area contributed by atoms with Crippen LogP contribution in [0.4, 0.5) is 13.2 Å². The van der Waals surface area contributed by atoms with Crippen molar-refractivity contribution in [1.82, 2.24) is 0 Å². The van der Waals surface area contributed by atoms with E-state index in [9.17, 15) is 13.2 Å². The fraction of sp³-hybridized carbons (Fsp3) is 1.00. The maximum Gasteiger partial charge on any atom is 0.389 e. The summed E-state index contributed by atoms with van der Waals surface area (Å²) in [4.78, 5) is 0. The van der Waals surface area contributed by atoms with E-state index in [0.717, 1.165) is 25.7 Å². The first-order chi connectivity index (χ1) is 5.08. The highest BCUT2D eigenvalue weighted by Gasteiger charge is 2.28. The molecule has 3 heteroatoms. The normalized spacial score (nSPS) is 21.0. The van der Waals surface area contributed by atoms with Crippen LogP contribution in [0.2, 0.25) is 0 Å². The Bertz CT molecular complexity index is 111. The SMILES string of the molecule is FC(F)(F)CCC1CCCC1. The average molecular weight is 166 g/mol. The van der Waals surface area contributed by atoms with Crippen LogP contribution < -0.4 is 0 Å². The Labute approximate surface area is 64.8 Å². The quantitative estimate of drug-likeness (QED) is 0.588. The van der Waals surface area contributed by atoms with Gasteiger partial charge >= 0.3 is 6.18 Å². The molecule has 0 bridgehead atoms. The summed E-state index contributed by atoms with van der Waals surface area (Å²) < 4.78 is 35.1. The van der Waals surface area contributed by atoms with Crippen LogP contribution in [0.3, 0.4) is 0 Å². The van der Waals surface area contributed by atoms with E-state index in [-0.39, 0.29) is 0 Å². The van der Waals surface area contributed by atoms with Crippen LogP contribution in [0.25, 0.3) is 0 Å². The Morgan fingerprint density at radius 2 is 1.64 bits per heavy atom. The lowest BCUT2D eigenvalue weighted by molar-refractivity contribution is -0.137. The van der Waals surface area contributed by atoms with Crippen molar-refractivity contribution in [2.45, 2.75) is 44.7 Å². The number of alkyl halides is 3. The second-order valence-electron chi connectivity index (χ2n) is 3.30. The molecule has 0 aromatic rings. The van der Waals surface area contributed by atoms with E-state index in [0.29, 0.717) is 12.3 Å². The molecule has 66 valence electrons. The summed E-state index contributed by atoms with van der Waals surface area (Å²) in [7, 11) is 0. The van der Waals surface area contributed by atoms with Gasteiger partial charge in [0.2, 0.25) is 0 Å². The van der Waals surface area contributed by atoms with Gasteiger partial charge in [-0.1, -0.05) is 25.7 Å². The van der Waals surface area contributed by atoms with Gasteiger partial charge in [-0.2, -0.15) is 13.2 Å². The Morgan fingerprint density at radius 1 is 1.09 bits per heavy atom. The molecule has 0 unspecified atom stereocenters. The maximum atomic E-state index is 11.7. The number of hydrogen-bond donors (Lipinski definition) is 0. The molecule has 1 aliphatic carbocycles. The van der Waals surface area contributed by atoms with Crippen molar-refractivity contribution >= 4 is 0 Å². The van der Waals surface area contributed by atoms with Crippen LogP contribution in [-0.2, 0) is 0 Å². The zero-order valence-electron chi connectivity index (χ0n) is 6.45. The predicted molar refractivity (Wildman–Crippen MR) is 37.2 cm³/mol. The summed E-state index contributed by atoms with van der Waals surface area (Å²) in [6.07, 6.45) is 0.0982. The van der Waals surface area contributed by atoms with Gasteiger partial charge in [-0.15, -0.1) is 0 Å². The summed E-state index contributed by atoms with van der Waals surface area (Å²) in [5.41, 5.74) is 0. The van der Waals surface area contributed by atoms with Crippen molar-refractivity contribution in [2.24, 2.45) is 5.92 Å². The molecule has 0 heterocycles. The van der Waals surface area contributed by atoms with E-state index >= 15 is 0 Å². The second-order valence-corrected chi connectivity index (χ2v) is 3.30. The van der Waals surface area contributed by atoms with Gasteiger partial charge < -0.3 is 0 Å². The molecule has 11 heavy (non-hydrogen) atoms. The molecular weight excluding hydrogens is 153 g/mol. The van der Waals surface area contributed by atoms with Crippen LogP contribution in [-0.4, -0.2) is 6.18 Å². The van der Waals surface area contributed by atoms with E-state index in [1.807, 2.05) is 0 Å². The summed E-state index contributed by atoms with van der Waals surface area (Å²) >= 11 is 0. The van der Waals surface area contributed by atoms with Crippen LogP contribution >= 0.6 is 0 Å². The highest BCUT2D eigenvalue weighted by Crippen LogP contribution is 2.32. The van der Waals surface area contributed by atoms with Crippen molar-refractivity contribution < 1.29 is 13.2 Å². The molecule has 0 spiro atoms. The topological polar surface area (TPSA) is 0 Å². The monoisotopic (exact) mass is 166 g/mol. The molecule has 1 saturated carbocycles. The van der Waals surface area contributed by atoms with Gasteiger partial charge in [0.1, 0.15) is 0 Å². The van der Waals surface area contributed by atoms with E-state index < -0.39 is 12.6 Å². The molecule has 0 aliphatic heterocycles. The lowest BCUT2D eigenvalue weighted by atomic mass is 10.0. The van der Waals surface area contributed by atoms with Crippen LogP contribution in [0.15, 0.2) is 0 Å². The van der Waals surface area contributed by atoms with E-state index in [1.54, 1.807) is 0 Å². The van der Waals surface area contributed by atoms with Crippen LogP contribution in [0.5, 0.6) is 0 Å². The van der Waals surface area contributed by atoms with E-state index in [2.05, 4.69) is 0 Å². The van der Waals surface area contributed by atoms with Crippen molar-refractivity contribution in [1.29, 1.82) is 0 Å². The fourth-order valence-corrected chi connectivity index (χ4v) is 1.67. The Balaban J connectivity index is 2.11. The standard InChI is InChI=1S/C8H13F3/c9-8(10,11)6-5-7-3-1-2-4-7/h7H,1-6H2. The lowest BCUT2D eigenvalue weighted by Crippen LogP contribution is -2.09. The van der Waals surface area contributed by atoms with Gasteiger partial charge in [0, 0.05) is 6.42 Å². The molecule has 0 amide bonds. The minimum atomic E-state index is -3.94. The lowest BCUT2D eigenvalue weighted by Gasteiger charge is -2.10. The zero-order valence-corrected chi connectivity index (χ0v) is 6.45. The van der Waals surface area contributed by atoms with Gasteiger partial charge in [-0.05, 0) is 12.3 Å². The first kappa shape index (κ1) is 8.88. The van der Waals surface area contributed by atoms with E-state index in [1.165, 1.54) is 0 Å². The molecule has 0 saturated heterocycles. The molecule has 0 atom stereocenters. The summed E-state index contributed by atoms with van der Waals surface area (Å²) in [6, 6.07) is 0. The van der Waals surface area contributed by atoms with Crippen molar-refractivity contribution in [3.8, 4) is 0 Å². The third-order valence-corrected chi connectivity index (χ3v) is 2.31. The molecular formula is C8H13F3. The number of halogens is 3. The predicted octanol–water partition coefficient (Wildman–Crippen LogP) is 3.52. The Morgan fingerprint density at radius 3 is 2.09 bits per heavy atom. The highest BCUT2D eigenvalue weighted by atomic mass is 19.4. The van der Waals surface area contributed by atoms with Gasteiger partial charge in [-0.3, -0.25) is 0 Å². The zero-order chi connectivity index (χ0) is 8.32. The second kappa shape index (κ2) is 3.46. The fourth-order valence-electron chi connectivity index (χ4n) is 1.67. The molecule has 0 N–H and O–H groups in total. The van der Waals surface area contributed by atoms with Gasteiger partial charge in [0.15, 0.2) is 0 Å². The molecule has 1 fully saturated rings. The summed E-state index contributed by atoms with van der Waals surface area (Å²) in [6.45, 7) is 0. The highest BCUT2D eigenvalue weighted by molar-refractivity contribution is 4.68. The van der Waals surface area contributed by atoms with E-state index in [4.69, 9.17) is 0 Å².